The van der Waals surface area contributed by atoms with Crippen molar-refractivity contribution in [3.8, 4) is 22.5 Å². The molecule has 0 saturated heterocycles. The molecule has 32 heavy (non-hydrogen) atoms. The summed E-state index contributed by atoms with van der Waals surface area (Å²) in [4.78, 5) is 21.1. The summed E-state index contributed by atoms with van der Waals surface area (Å²) in [5.74, 6) is -0.400. The van der Waals surface area contributed by atoms with Crippen LogP contribution in [0.3, 0.4) is 0 Å². The fraction of sp³-hybridized carbons (Fsp3) is 0.0455. The molecule has 0 aliphatic carbocycles. The average Bonchev–Trinajstić information content (AvgIpc) is 3.28. The molecule has 9 nitrogen and oxygen atoms in total. The van der Waals surface area contributed by atoms with Crippen LogP contribution in [0.2, 0.25) is 0 Å². The van der Waals surface area contributed by atoms with Crippen LogP contribution in [0.25, 0.3) is 22.5 Å². The molecule has 2 heterocycles. The Labute approximate surface area is 182 Å². The molecule has 10 heteroatoms. The van der Waals surface area contributed by atoms with Gasteiger partial charge in [-0.25, -0.2) is 4.39 Å². The molecule has 4 aromatic rings. The smallest absolute Gasteiger partial charge is 0.290 e. The number of halogens is 1. The Bertz CT molecular complexity index is 1200. The van der Waals surface area contributed by atoms with Gasteiger partial charge >= 0.3 is 0 Å². The van der Waals surface area contributed by atoms with E-state index in [-0.39, 0.29) is 12.0 Å². The van der Waals surface area contributed by atoms with Gasteiger partial charge in [0.05, 0.1) is 23.3 Å². The number of amides is 1. The molecule has 2 aromatic heterocycles. The van der Waals surface area contributed by atoms with Crippen molar-refractivity contribution < 1.29 is 19.1 Å². The van der Waals surface area contributed by atoms with Crippen LogP contribution in [0, 0.1) is 5.82 Å². The van der Waals surface area contributed by atoms with Gasteiger partial charge in [-0.3, -0.25) is 14.7 Å². The third-order valence-electron chi connectivity index (χ3n) is 4.33. The Morgan fingerprint density at radius 1 is 1.06 bits per heavy atom. The molecule has 0 saturated carbocycles. The van der Waals surface area contributed by atoms with Crippen molar-refractivity contribution in [1.29, 1.82) is 0 Å². The van der Waals surface area contributed by atoms with Crippen LogP contribution in [0.4, 0.5) is 15.9 Å². The lowest BCUT2D eigenvalue weighted by Gasteiger charge is -2.08. The summed E-state index contributed by atoms with van der Waals surface area (Å²) in [6.07, 6.45) is 1.52. The highest BCUT2D eigenvalue weighted by Gasteiger charge is 2.15. The number of nitrogens with one attached hydrogen (secondary N) is 3. The van der Waals surface area contributed by atoms with Crippen LogP contribution in [0.1, 0.15) is 10.4 Å². The lowest BCUT2D eigenvalue weighted by molar-refractivity contribution is -0.122. The average molecular weight is 434 g/mol. The summed E-state index contributed by atoms with van der Waals surface area (Å²) >= 11 is 0. The van der Waals surface area contributed by atoms with Gasteiger partial charge in [0.15, 0.2) is 0 Å². The summed E-state index contributed by atoms with van der Waals surface area (Å²) in [6, 6.07) is 17.0. The maximum absolute atomic E-state index is 14.2. The van der Waals surface area contributed by atoms with Crippen molar-refractivity contribution in [2.75, 3.05) is 17.7 Å². The fourth-order valence-electron chi connectivity index (χ4n) is 2.89. The summed E-state index contributed by atoms with van der Waals surface area (Å²) in [5.41, 5.74) is 3.14. The molecular weight excluding hydrogens is 415 g/mol. The largest absolute Gasteiger partial charge is 0.483 e. The molecule has 0 fully saturated rings. The highest BCUT2D eigenvalue weighted by Crippen LogP contribution is 2.26. The van der Waals surface area contributed by atoms with Gasteiger partial charge in [-0.15, -0.1) is 10.2 Å². The van der Waals surface area contributed by atoms with E-state index in [9.17, 15) is 9.18 Å². The Balaban J connectivity index is 0.000000913. The van der Waals surface area contributed by atoms with Gasteiger partial charge < -0.3 is 15.7 Å². The molecule has 0 radical (unpaired) electrons. The second-order valence-electron chi connectivity index (χ2n) is 6.37. The molecule has 0 bridgehead atoms. The maximum atomic E-state index is 14.2. The minimum Gasteiger partial charge on any atom is -0.483 e. The zero-order valence-electron chi connectivity index (χ0n) is 16.9. The predicted octanol–water partition coefficient (Wildman–Crippen LogP) is 3.67. The monoisotopic (exact) mass is 434 g/mol. The van der Waals surface area contributed by atoms with Gasteiger partial charge in [0.1, 0.15) is 11.6 Å². The first-order valence-electron chi connectivity index (χ1n) is 9.36. The van der Waals surface area contributed by atoms with Crippen molar-refractivity contribution in [2.24, 2.45) is 0 Å². The van der Waals surface area contributed by atoms with E-state index in [0.717, 1.165) is 5.56 Å². The van der Waals surface area contributed by atoms with Crippen LogP contribution >= 0.6 is 0 Å². The molecule has 4 rings (SSSR count). The topological polar surface area (TPSA) is 133 Å². The number of aromatic nitrogens is 4. The number of aromatic amines is 1. The van der Waals surface area contributed by atoms with E-state index in [2.05, 4.69) is 31.0 Å². The molecule has 162 valence electrons. The number of anilines is 2. The number of H-pyrrole nitrogens is 1. The van der Waals surface area contributed by atoms with E-state index in [0.29, 0.717) is 28.5 Å². The van der Waals surface area contributed by atoms with Crippen LogP contribution < -0.4 is 10.6 Å². The first-order chi connectivity index (χ1) is 15.5. The summed E-state index contributed by atoms with van der Waals surface area (Å²) < 4.78 is 14.2. The van der Waals surface area contributed by atoms with Crippen molar-refractivity contribution in [3.63, 3.8) is 0 Å². The highest BCUT2D eigenvalue weighted by atomic mass is 19.1. The summed E-state index contributed by atoms with van der Waals surface area (Å²) in [7, 11) is 1.73. The Morgan fingerprint density at radius 3 is 2.47 bits per heavy atom. The SMILES string of the molecule is CNc1ccc(-c2cc(F)cc(C(=O)Nc3cn[nH]c3-c3ccccc3)c2)nn1.O=CO. The molecule has 0 aliphatic rings. The molecule has 0 unspecified atom stereocenters. The summed E-state index contributed by atoms with van der Waals surface area (Å²) in [5, 5.41) is 27.5. The number of carbonyl (C=O) groups is 2. The standard InChI is InChI=1S/C21H17FN6O.CH2O2/c1-23-19-8-7-17(26-27-19)14-9-15(11-16(22)10-14)21(29)25-18-12-24-28-20(18)13-5-3-2-4-6-13;2-1-3/h2-12H,1H3,(H,23,27)(H,24,28)(H,25,29);1H,(H,2,3). The second-order valence-corrected chi connectivity index (χ2v) is 6.37. The Morgan fingerprint density at radius 2 is 1.81 bits per heavy atom. The van der Waals surface area contributed by atoms with Gasteiger partial charge in [-0.2, -0.15) is 5.10 Å². The second kappa shape index (κ2) is 10.4. The molecule has 1 amide bonds. The lowest BCUT2D eigenvalue weighted by atomic mass is 10.1. The van der Waals surface area contributed by atoms with E-state index in [1.807, 2.05) is 30.3 Å². The highest BCUT2D eigenvalue weighted by molar-refractivity contribution is 6.06. The van der Waals surface area contributed by atoms with E-state index in [1.165, 1.54) is 18.3 Å². The van der Waals surface area contributed by atoms with Gasteiger partial charge in [-0.1, -0.05) is 30.3 Å². The van der Waals surface area contributed by atoms with Crippen molar-refractivity contribution >= 4 is 23.9 Å². The number of nitrogens with zero attached hydrogens (tertiary/aromatic N) is 3. The predicted molar refractivity (Wildman–Crippen MR) is 118 cm³/mol. The Kier molecular flexibility index (Phi) is 7.20. The fourth-order valence-corrected chi connectivity index (χ4v) is 2.89. The third kappa shape index (κ3) is 5.30. The van der Waals surface area contributed by atoms with Gasteiger partial charge in [0.25, 0.3) is 12.4 Å². The third-order valence-corrected chi connectivity index (χ3v) is 4.33. The first kappa shape index (κ1) is 22.1. The van der Waals surface area contributed by atoms with Crippen LogP contribution in [-0.2, 0) is 4.79 Å². The molecule has 0 atom stereocenters. The number of hydrogen-bond acceptors (Lipinski definition) is 6. The number of carboxylic acid groups (broad SMARTS) is 1. The van der Waals surface area contributed by atoms with Crippen LogP contribution in [0.5, 0.6) is 0 Å². The van der Waals surface area contributed by atoms with Crippen LogP contribution in [-0.4, -0.2) is 44.9 Å². The lowest BCUT2D eigenvalue weighted by Crippen LogP contribution is -2.12. The Hall–Kier alpha value is -4.60. The van der Waals surface area contributed by atoms with Crippen molar-refractivity contribution in [2.45, 2.75) is 0 Å². The minimum absolute atomic E-state index is 0.166. The van der Waals surface area contributed by atoms with E-state index in [4.69, 9.17) is 9.90 Å². The molecule has 0 spiro atoms. The van der Waals surface area contributed by atoms with Crippen LogP contribution in [0.15, 0.2) is 66.9 Å². The normalized spacial score (nSPS) is 9.94. The summed E-state index contributed by atoms with van der Waals surface area (Å²) in [6.45, 7) is -0.250. The first-order valence-corrected chi connectivity index (χ1v) is 9.36. The zero-order valence-corrected chi connectivity index (χ0v) is 16.9. The number of benzene rings is 2. The number of rotatable bonds is 5. The number of hydrogen-bond donors (Lipinski definition) is 4. The van der Waals surface area contributed by atoms with Gasteiger partial charge in [-0.05, 0) is 30.3 Å². The number of carbonyl (C=O) groups excluding carboxylic acids is 1. The molecule has 0 aliphatic heterocycles. The molecular formula is C22H19FN6O3. The van der Waals surface area contributed by atoms with Gasteiger partial charge in [0.2, 0.25) is 0 Å². The quantitative estimate of drug-likeness (QED) is 0.352. The van der Waals surface area contributed by atoms with Crippen molar-refractivity contribution in [1.82, 2.24) is 20.4 Å². The minimum atomic E-state index is -0.539. The molecule has 2 aromatic carbocycles. The van der Waals surface area contributed by atoms with E-state index in [1.54, 1.807) is 25.2 Å². The van der Waals surface area contributed by atoms with E-state index >= 15 is 0 Å². The van der Waals surface area contributed by atoms with E-state index < -0.39 is 11.7 Å². The molecule has 4 N–H and O–H groups in total. The zero-order chi connectivity index (χ0) is 22.9. The van der Waals surface area contributed by atoms with Crippen molar-refractivity contribution in [3.05, 3.63) is 78.2 Å². The maximum Gasteiger partial charge on any atom is 0.290 e. The van der Waals surface area contributed by atoms with Gasteiger partial charge in [0, 0.05) is 23.7 Å².